The number of rotatable bonds is 7. The normalized spacial score (nSPS) is 23.0. The highest BCUT2D eigenvalue weighted by Crippen LogP contribution is 2.34. The first-order valence-electron chi connectivity index (χ1n) is 8.00. The Bertz CT molecular complexity index is 665. The molecule has 2 rings (SSSR count). The topological polar surface area (TPSA) is 128 Å². The van der Waals surface area contributed by atoms with Crippen molar-refractivity contribution < 1.29 is 23.9 Å². The maximum atomic E-state index is 12.2. The van der Waals surface area contributed by atoms with Crippen molar-refractivity contribution in [3.8, 4) is 6.07 Å². The van der Waals surface area contributed by atoms with Crippen LogP contribution in [0.1, 0.15) is 26.2 Å². The van der Waals surface area contributed by atoms with Crippen molar-refractivity contribution in [1.29, 1.82) is 10.7 Å². The molecule has 8 nitrogen and oxygen atoms in total. The summed E-state index contributed by atoms with van der Waals surface area (Å²) >= 11 is 0. The number of nitrogens with one attached hydrogen (secondary N) is 1. The molecule has 3 atom stereocenters. The Kier molecular flexibility index (Phi) is 5.80. The predicted molar refractivity (Wildman–Crippen MR) is 85.2 cm³/mol. The van der Waals surface area contributed by atoms with Gasteiger partial charge in [-0.05, 0) is 19.8 Å². The Balaban J connectivity index is 1.82. The Morgan fingerprint density at radius 3 is 2.36 bits per heavy atom. The van der Waals surface area contributed by atoms with E-state index in [0.717, 1.165) is 4.90 Å². The summed E-state index contributed by atoms with van der Waals surface area (Å²) in [5.41, 5.74) is -0.118. The van der Waals surface area contributed by atoms with E-state index in [1.54, 1.807) is 6.07 Å². The fourth-order valence-electron chi connectivity index (χ4n) is 3.01. The number of nitriles is 1. The van der Waals surface area contributed by atoms with E-state index in [2.05, 4.69) is 0 Å². The maximum Gasteiger partial charge on any atom is 0.308 e. The van der Waals surface area contributed by atoms with Gasteiger partial charge in [0.25, 0.3) is 0 Å². The number of likely N-dealkylation sites (tertiary alicyclic amines) is 1. The number of nitrogens with zero attached hydrogens (tertiary/aromatic N) is 2. The number of imide groups is 1. The third-order valence-corrected chi connectivity index (χ3v) is 4.40. The van der Waals surface area contributed by atoms with Crippen molar-refractivity contribution in [3.05, 3.63) is 12.2 Å². The van der Waals surface area contributed by atoms with Gasteiger partial charge in [0.15, 0.2) is 12.4 Å². The number of allylic oxidation sites excluding steroid dienone is 2. The molecular formula is C17H19N3O5. The third-order valence-electron chi connectivity index (χ3n) is 4.40. The Hall–Kier alpha value is -2.82. The number of amides is 2. The number of hydrogen-bond donors (Lipinski definition) is 1. The van der Waals surface area contributed by atoms with Gasteiger partial charge in [-0.2, -0.15) is 5.26 Å². The molecule has 1 saturated heterocycles. The Morgan fingerprint density at radius 1 is 1.32 bits per heavy atom. The highest BCUT2D eigenvalue weighted by Gasteiger charge is 2.46. The van der Waals surface area contributed by atoms with Gasteiger partial charge >= 0.3 is 5.97 Å². The second kappa shape index (κ2) is 7.83. The zero-order valence-electron chi connectivity index (χ0n) is 13.9. The summed E-state index contributed by atoms with van der Waals surface area (Å²) in [5.74, 6) is -3.87. The van der Waals surface area contributed by atoms with Gasteiger partial charge in [0.05, 0.1) is 24.3 Å². The van der Waals surface area contributed by atoms with E-state index in [-0.39, 0.29) is 42.3 Å². The van der Waals surface area contributed by atoms with Crippen LogP contribution in [-0.4, -0.2) is 47.3 Å². The smallest absolute Gasteiger partial charge is 0.308 e. The molecule has 0 bridgehead atoms. The summed E-state index contributed by atoms with van der Waals surface area (Å²) in [6.07, 6.45) is 4.62. The number of esters is 1. The van der Waals surface area contributed by atoms with E-state index in [4.69, 9.17) is 15.4 Å². The lowest BCUT2D eigenvalue weighted by Crippen LogP contribution is -2.34. The van der Waals surface area contributed by atoms with Crippen LogP contribution in [-0.2, 0) is 23.9 Å². The largest absolute Gasteiger partial charge is 0.458 e. The highest BCUT2D eigenvalue weighted by atomic mass is 16.5. The molecule has 8 heteroatoms. The van der Waals surface area contributed by atoms with E-state index >= 15 is 0 Å². The number of hydrogen-bond acceptors (Lipinski definition) is 7. The van der Waals surface area contributed by atoms with Crippen LogP contribution in [0.15, 0.2) is 12.2 Å². The van der Waals surface area contributed by atoms with Crippen molar-refractivity contribution in [3.63, 3.8) is 0 Å². The maximum absolute atomic E-state index is 12.2. The lowest BCUT2D eigenvalue weighted by Gasteiger charge is -2.14. The molecule has 2 aliphatic rings. The van der Waals surface area contributed by atoms with Crippen LogP contribution in [0.4, 0.5) is 0 Å². The Labute approximate surface area is 144 Å². The third kappa shape index (κ3) is 3.99. The van der Waals surface area contributed by atoms with Crippen LogP contribution in [0.5, 0.6) is 0 Å². The van der Waals surface area contributed by atoms with Gasteiger partial charge in [-0.25, -0.2) is 0 Å². The van der Waals surface area contributed by atoms with Gasteiger partial charge in [0.2, 0.25) is 11.8 Å². The van der Waals surface area contributed by atoms with E-state index in [1.807, 2.05) is 12.2 Å². The Morgan fingerprint density at radius 2 is 1.88 bits per heavy atom. The minimum Gasteiger partial charge on any atom is -0.458 e. The molecule has 132 valence electrons. The summed E-state index contributed by atoms with van der Waals surface area (Å²) in [4.78, 5) is 49.0. The molecule has 1 N–H and O–H groups in total. The van der Waals surface area contributed by atoms with Crippen LogP contribution >= 0.6 is 0 Å². The van der Waals surface area contributed by atoms with E-state index in [0.29, 0.717) is 12.8 Å². The molecule has 0 spiro atoms. The highest BCUT2D eigenvalue weighted by molar-refractivity contribution is 6.06. The van der Waals surface area contributed by atoms with Gasteiger partial charge in [-0.1, -0.05) is 12.2 Å². The molecule has 2 amide bonds. The van der Waals surface area contributed by atoms with Crippen molar-refractivity contribution in [2.24, 2.45) is 17.8 Å². The number of fused-ring (bicyclic) bond motifs is 1. The van der Waals surface area contributed by atoms with Crippen LogP contribution in [0.25, 0.3) is 0 Å². The predicted octanol–water partition coefficient (Wildman–Crippen LogP) is 0.619. The van der Waals surface area contributed by atoms with Crippen LogP contribution < -0.4 is 0 Å². The van der Waals surface area contributed by atoms with Gasteiger partial charge in [0, 0.05) is 12.3 Å². The zero-order valence-corrected chi connectivity index (χ0v) is 13.9. The average molecular weight is 345 g/mol. The molecule has 1 aliphatic heterocycles. The zero-order chi connectivity index (χ0) is 18.6. The second-order valence-electron chi connectivity index (χ2n) is 6.11. The lowest BCUT2D eigenvalue weighted by molar-refractivity contribution is -0.149. The molecule has 1 unspecified atom stereocenters. The van der Waals surface area contributed by atoms with Crippen molar-refractivity contribution in [1.82, 2.24) is 4.90 Å². The number of ketones is 1. The minimum atomic E-state index is -1.23. The summed E-state index contributed by atoms with van der Waals surface area (Å²) < 4.78 is 4.79. The van der Waals surface area contributed by atoms with Crippen LogP contribution in [0, 0.1) is 34.5 Å². The summed E-state index contributed by atoms with van der Waals surface area (Å²) in [5, 5.41) is 16.1. The first-order chi connectivity index (χ1) is 11.9. The van der Waals surface area contributed by atoms with Gasteiger partial charge in [0.1, 0.15) is 5.92 Å². The molecule has 1 aliphatic carbocycles. The molecule has 0 aromatic rings. The summed E-state index contributed by atoms with van der Waals surface area (Å²) in [6, 6.07) is 1.67. The molecule has 0 radical (unpaired) electrons. The molecular weight excluding hydrogens is 326 g/mol. The molecule has 0 saturated carbocycles. The molecule has 1 heterocycles. The van der Waals surface area contributed by atoms with E-state index in [9.17, 15) is 19.2 Å². The van der Waals surface area contributed by atoms with Gasteiger partial charge < -0.3 is 10.1 Å². The number of carbonyl (C=O) groups is 4. The average Bonchev–Trinajstić information content (AvgIpc) is 2.83. The van der Waals surface area contributed by atoms with Crippen LogP contribution in [0.3, 0.4) is 0 Å². The first-order valence-corrected chi connectivity index (χ1v) is 8.00. The lowest BCUT2D eigenvalue weighted by atomic mass is 9.85. The molecule has 0 aromatic carbocycles. The number of carbonyl (C=O) groups excluding carboxylic acids is 4. The SMILES string of the molecule is CC(=N)C(C#N)C(=O)COC(=O)CCN1C(=O)[C@H]2CC=CC[C@@H]2C1=O. The molecule has 25 heavy (non-hydrogen) atoms. The first kappa shape index (κ1) is 18.5. The standard InChI is InChI=1S/C17H19N3O5/c1-10(19)13(8-18)14(21)9-25-15(22)6-7-20-16(23)11-4-2-3-5-12(11)17(20)24/h2-3,11-13,19H,4-7,9H2,1H3/t11-,12-,13?/m0/s1. The van der Waals surface area contributed by atoms with E-state index in [1.165, 1.54) is 6.92 Å². The number of Topliss-reactive ketones (excluding diaryl/α,β-unsaturated/α-hetero) is 1. The fourth-order valence-corrected chi connectivity index (χ4v) is 3.01. The monoisotopic (exact) mass is 345 g/mol. The van der Waals surface area contributed by atoms with Crippen molar-refractivity contribution in [2.45, 2.75) is 26.2 Å². The van der Waals surface area contributed by atoms with E-state index < -0.39 is 24.3 Å². The summed E-state index contributed by atoms with van der Waals surface area (Å²) in [6.45, 7) is 0.639. The van der Waals surface area contributed by atoms with Crippen molar-refractivity contribution in [2.75, 3.05) is 13.2 Å². The molecule has 1 fully saturated rings. The number of ether oxygens (including phenoxy) is 1. The van der Waals surface area contributed by atoms with Crippen molar-refractivity contribution >= 4 is 29.3 Å². The van der Waals surface area contributed by atoms with Gasteiger partial charge in [-0.3, -0.25) is 24.1 Å². The second-order valence-corrected chi connectivity index (χ2v) is 6.11. The molecule has 0 aromatic heterocycles. The summed E-state index contributed by atoms with van der Waals surface area (Å²) in [7, 11) is 0. The van der Waals surface area contributed by atoms with Gasteiger partial charge in [-0.15, -0.1) is 0 Å². The minimum absolute atomic E-state index is 0.0804. The van der Waals surface area contributed by atoms with Crippen LogP contribution in [0.2, 0.25) is 0 Å². The quantitative estimate of drug-likeness (QED) is 0.312. The fraction of sp³-hybridized carbons (Fsp3) is 0.529.